The van der Waals surface area contributed by atoms with E-state index in [4.69, 9.17) is 10.7 Å². The first kappa shape index (κ1) is 11.1. The molecule has 2 fully saturated rings. The van der Waals surface area contributed by atoms with Gasteiger partial charge in [0, 0.05) is 12.0 Å². The lowest BCUT2D eigenvalue weighted by molar-refractivity contribution is 0.596. The van der Waals surface area contributed by atoms with E-state index in [1.165, 1.54) is 44.3 Å². The van der Waals surface area contributed by atoms with Gasteiger partial charge in [0.15, 0.2) is 0 Å². The molecular weight excluding hydrogens is 210 g/mol. The lowest BCUT2D eigenvalue weighted by atomic mass is 10.1. The standard InChI is InChI=1S/C14H23N3/c1-2-5-12-13(15)17(11-8-9-11)14(16-12)10-6-3-4-7-10/h10-11H,2-9,15H2,1H3. The average Bonchev–Trinajstić information content (AvgIpc) is 2.90. The first-order valence-corrected chi connectivity index (χ1v) is 7.17. The summed E-state index contributed by atoms with van der Waals surface area (Å²) in [5, 5.41) is 0. The minimum absolute atomic E-state index is 0.670. The van der Waals surface area contributed by atoms with Crippen LogP contribution in [0.1, 0.15) is 75.3 Å². The Balaban J connectivity index is 1.96. The fourth-order valence-corrected chi connectivity index (χ4v) is 3.12. The van der Waals surface area contributed by atoms with Crippen LogP contribution in [0.3, 0.4) is 0 Å². The van der Waals surface area contributed by atoms with E-state index in [1.54, 1.807) is 0 Å². The van der Waals surface area contributed by atoms with E-state index in [0.717, 1.165) is 24.4 Å². The highest BCUT2D eigenvalue weighted by atomic mass is 15.2. The fraction of sp³-hybridized carbons (Fsp3) is 0.786. The van der Waals surface area contributed by atoms with Crippen molar-refractivity contribution in [3.8, 4) is 0 Å². The van der Waals surface area contributed by atoms with Crippen LogP contribution in [0.25, 0.3) is 0 Å². The molecule has 0 amide bonds. The van der Waals surface area contributed by atoms with Crippen LogP contribution in [0.4, 0.5) is 5.82 Å². The number of hydrogen-bond acceptors (Lipinski definition) is 2. The Morgan fingerprint density at radius 1 is 1.24 bits per heavy atom. The topological polar surface area (TPSA) is 43.8 Å². The summed E-state index contributed by atoms with van der Waals surface area (Å²) < 4.78 is 2.38. The van der Waals surface area contributed by atoms with E-state index in [0.29, 0.717) is 12.0 Å². The van der Waals surface area contributed by atoms with E-state index in [9.17, 15) is 0 Å². The average molecular weight is 233 g/mol. The van der Waals surface area contributed by atoms with Gasteiger partial charge in [0.2, 0.25) is 0 Å². The van der Waals surface area contributed by atoms with Crippen molar-refractivity contribution in [2.45, 2.75) is 70.3 Å². The van der Waals surface area contributed by atoms with Crippen molar-refractivity contribution >= 4 is 5.82 Å². The van der Waals surface area contributed by atoms with E-state index in [-0.39, 0.29) is 0 Å². The predicted octanol–water partition coefficient (Wildman–Crippen LogP) is 3.41. The van der Waals surface area contributed by atoms with E-state index in [1.807, 2.05) is 0 Å². The van der Waals surface area contributed by atoms with Crippen molar-refractivity contribution in [2.24, 2.45) is 0 Å². The zero-order valence-electron chi connectivity index (χ0n) is 10.8. The van der Waals surface area contributed by atoms with Crippen LogP contribution in [-0.4, -0.2) is 9.55 Å². The largest absolute Gasteiger partial charge is 0.384 e. The van der Waals surface area contributed by atoms with Crippen molar-refractivity contribution in [1.29, 1.82) is 0 Å². The number of nitrogens with two attached hydrogens (primary N) is 1. The van der Waals surface area contributed by atoms with Gasteiger partial charge >= 0.3 is 0 Å². The number of nitrogens with zero attached hydrogens (tertiary/aromatic N) is 2. The van der Waals surface area contributed by atoms with Crippen LogP contribution in [-0.2, 0) is 6.42 Å². The molecule has 3 rings (SSSR count). The van der Waals surface area contributed by atoms with Gasteiger partial charge in [-0.15, -0.1) is 0 Å². The Morgan fingerprint density at radius 3 is 2.53 bits per heavy atom. The van der Waals surface area contributed by atoms with Crippen molar-refractivity contribution < 1.29 is 0 Å². The maximum absolute atomic E-state index is 6.30. The van der Waals surface area contributed by atoms with E-state index < -0.39 is 0 Å². The Bertz CT molecular complexity index is 398. The summed E-state index contributed by atoms with van der Waals surface area (Å²) in [4.78, 5) is 4.88. The van der Waals surface area contributed by atoms with Gasteiger partial charge in [-0.05, 0) is 32.1 Å². The first-order valence-electron chi connectivity index (χ1n) is 7.17. The lowest BCUT2D eigenvalue weighted by Crippen LogP contribution is -2.08. The summed E-state index contributed by atoms with van der Waals surface area (Å²) >= 11 is 0. The highest BCUT2D eigenvalue weighted by molar-refractivity contribution is 5.40. The Labute approximate surface area is 103 Å². The molecule has 2 aliphatic rings. The van der Waals surface area contributed by atoms with Gasteiger partial charge in [0.05, 0.1) is 5.69 Å². The first-order chi connectivity index (χ1) is 8.31. The van der Waals surface area contributed by atoms with Crippen molar-refractivity contribution in [1.82, 2.24) is 9.55 Å². The number of nitrogen functional groups attached to an aromatic ring is 1. The number of aryl methyl sites for hydroxylation is 1. The molecule has 0 unspecified atom stereocenters. The minimum Gasteiger partial charge on any atom is -0.384 e. The maximum atomic E-state index is 6.30. The second kappa shape index (κ2) is 4.35. The molecule has 0 radical (unpaired) electrons. The Morgan fingerprint density at radius 2 is 1.94 bits per heavy atom. The van der Waals surface area contributed by atoms with Gasteiger partial charge < -0.3 is 10.3 Å². The van der Waals surface area contributed by atoms with Crippen molar-refractivity contribution in [2.75, 3.05) is 5.73 Å². The number of imidazole rings is 1. The molecule has 0 saturated heterocycles. The molecule has 2 aliphatic carbocycles. The maximum Gasteiger partial charge on any atom is 0.127 e. The molecule has 1 aromatic heterocycles. The summed E-state index contributed by atoms with van der Waals surface area (Å²) in [5.41, 5.74) is 7.45. The molecule has 0 atom stereocenters. The summed E-state index contributed by atoms with van der Waals surface area (Å²) in [7, 11) is 0. The number of rotatable bonds is 4. The van der Waals surface area contributed by atoms with Crippen molar-refractivity contribution in [3.63, 3.8) is 0 Å². The zero-order valence-corrected chi connectivity index (χ0v) is 10.8. The van der Waals surface area contributed by atoms with Gasteiger partial charge in [0.1, 0.15) is 11.6 Å². The minimum atomic E-state index is 0.670. The second-order valence-corrected chi connectivity index (χ2v) is 5.63. The van der Waals surface area contributed by atoms with Gasteiger partial charge in [-0.2, -0.15) is 0 Å². The summed E-state index contributed by atoms with van der Waals surface area (Å²) in [6, 6.07) is 0.670. The fourth-order valence-electron chi connectivity index (χ4n) is 3.12. The third-order valence-corrected chi connectivity index (χ3v) is 4.17. The normalized spacial score (nSPS) is 21.2. The van der Waals surface area contributed by atoms with Crippen LogP contribution in [0.2, 0.25) is 0 Å². The lowest BCUT2D eigenvalue weighted by Gasteiger charge is -2.12. The summed E-state index contributed by atoms with van der Waals surface area (Å²) in [6.45, 7) is 2.20. The van der Waals surface area contributed by atoms with Crippen LogP contribution in [0.5, 0.6) is 0 Å². The smallest absolute Gasteiger partial charge is 0.127 e. The van der Waals surface area contributed by atoms with Crippen molar-refractivity contribution in [3.05, 3.63) is 11.5 Å². The quantitative estimate of drug-likeness (QED) is 0.866. The molecule has 1 heterocycles. The molecule has 3 heteroatoms. The molecule has 0 aromatic carbocycles. The Hall–Kier alpha value is -0.990. The highest BCUT2D eigenvalue weighted by Gasteiger charge is 2.33. The highest BCUT2D eigenvalue weighted by Crippen LogP contribution is 2.43. The molecule has 1 aromatic rings. The molecule has 2 N–H and O–H groups in total. The van der Waals surface area contributed by atoms with E-state index in [2.05, 4.69) is 11.5 Å². The molecule has 0 bridgehead atoms. The molecular formula is C14H23N3. The molecule has 3 nitrogen and oxygen atoms in total. The predicted molar refractivity (Wildman–Crippen MR) is 70.1 cm³/mol. The van der Waals surface area contributed by atoms with Gasteiger partial charge in [-0.1, -0.05) is 26.2 Å². The Kier molecular flexibility index (Phi) is 2.85. The monoisotopic (exact) mass is 233 g/mol. The third kappa shape index (κ3) is 1.96. The zero-order chi connectivity index (χ0) is 11.8. The third-order valence-electron chi connectivity index (χ3n) is 4.17. The molecule has 0 spiro atoms. The van der Waals surface area contributed by atoms with Gasteiger partial charge in [-0.25, -0.2) is 4.98 Å². The number of hydrogen-bond donors (Lipinski definition) is 1. The van der Waals surface area contributed by atoms with Crippen LogP contribution in [0, 0.1) is 0 Å². The molecule has 0 aliphatic heterocycles. The van der Waals surface area contributed by atoms with Gasteiger partial charge in [-0.3, -0.25) is 0 Å². The number of aromatic nitrogens is 2. The van der Waals surface area contributed by atoms with Gasteiger partial charge in [0.25, 0.3) is 0 Å². The van der Waals surface area contributed by atoms with Crippen LogP contribution >= 0.6 is 0 Å². The molecule has 94 valence electrons. The van der Waals surface area contributed by atoms with E-state index >= 15 is 0 Å². The number of anilines is 1. The second-order valence-electron chi connectivity index (χ2n) is 5.63. The molecule has 17 heavy (non-hydrogen) atoms. The summed E-state index contributed by atoms with van der Waals surface area (Å²) in [6.07, 6.45) is 10.1. The van der Waals surface area contributed by atoms with Crippen LogP contribution < -0.4 is 5.73 Å². The molecule has 2 saturated carbocycles. The SMILES string of the molecule is CCCc1nc(C2CCCC2)n(C2CC2)c1N. The summed E-state index contributed by atoms with van der Waals surface area (Å²) in [5.74, 6) is 2.96. The van der Waals surface area contributed by atoms with Crippen LogP contribution in [0.15, 0.2) is 0 Å².